The highest BCUT2D eigenvalue weighted by Crippen LogP contribution is 2.43. The summed E-state index contributed by atoms with van der Waals surface area (Å²) < 4.78 is 125. The van der Waals surface area contributed by atoms with Gasteiger partial charge in [0.15, 0.2) is 29.0 Å². The third-order valence-electron chi connectivity index (χ3n) is 16.5. The van der Waals surface area contributed by atoms with Gasteiger partial charge in [-0.15, -0.1) is 0 Å². The summed E-state index contributed by atoms with van der Waals surface area (Å²) >= 11 is 0. The average molecular weight is 1350 g/mol. The molecule has 26 nitrogen and oxygen atoms in total. The summed E-state index contributed by atoms with van der Waals surface area (Å²) in [4.78, 5) is 123. The van der Waals surface area contributed by atoms with Gasteiger partial charge in [0.25, 0.3) is 5.91 Å². The van der Waals surface area contributed by atoms with Crippen LogP contribution in [0.15, 0.2) is 91.4 Å². The maximum atomic E-state index is 13.1. The molecule has 8 amide bonds. The number of Topliss-reactive ketones (excluding diaryl/α,β-unsaturated/α-hetero) is 2. The van der Waals surface area contributed by atoms with E-state index >= 15 is 0 Å². The van der Waals surface area contributed by atoms with E-state index in [1.807, 2.05) is 20.0 Å². The largest absolute Gasteiger partial charge is 0.497 e. The van der Waals surface area contributed by atoms with Gasteiger partial charge >= 0.3 is 36.6 Å². The number of pyridine rings is 6. The van der Waals surface area contributed by atoms with Crippen molar-refractivity contribution in [3.63, 3.8) is 0 Å². The molecule has 3 saturated heterocycles. The van der Waals surface area contributed by atoms with E-state index in [0.29, 0.717) is 87.1 Å². The number of anilines is 9. The van der Waals surface area contributed by atoms with E-state index in [4.69, 9.17) is 15.2 Å². The standard InChI is InChI=1S/C21H22F3N5O3.C20H20F3N7O3.C20H20F3N5O3/c1-12(21(22,23)24)9-17(30)15-3-4-16-19(26-15)29(13-6-8-28(16)11-13)20(31)27-18-10-14(32-2)5-7-25-18;1-10(20(21,22)23)26-18(32)13-2-3-14-17(27-13)30(12-5-7-29(14)9-12)19(33)28-15-8-11(16(24)31)4-6-25-15;1-31-13-5-8-24-17(10-13)26-19(30)28-12-6-9-27(11-12)15-3-2-14(25-18(15)28)16(29)4-7-20(21,22)23/h3-5,7,10,12-13H,6,8-9,11H2,1-2H3,(H,25,27,31);2-4,6,8,10,12H,5,7,9H2,1H3,(H2,24,31)(H,26,32)(H,25,28,33);2-3,5,8,10,12H,4,6-7,9,11H2,1H3,(H,24,26,30)/t12-,13-;10-,12+;12-/m010/s1. The van der Waals surface area contributed by atoms with Crippen LogP contribution in [-0.4, -0.2) is 168 Å². The number of urea groups is 3. The number of carbonyl (C=O) groups excluding carboxylic acids is 7. The number of carbonyl (C=O) groups is 7. The summed E-state index contributed by atoms with van der Waals surface area (Å²) in [6.45, 7) is 5.60. The van der Waals surface area contributed by atoms with E-state index in [9.17, 15) is 73.1 Å². The third-order valence-corrected chi connectivity index (χ3v) is 16.5. The number of alkyl halides is 9. The fourth-order valence-corrected chi connectivity index (χ4v) is 11.5. The summed E-state index contributed by atoms with van der Waals surface area (Å²) in [6, 6.07) is 13.9. The summed E-state index contributed by atoms with van der Waals surface area (Å²) in [5.74, 6) is -2.57. The van der Waals surface area contributed by atoms with Gasteiger partial charge in [-0.3, -0.25) is 49.8 Å². The first-order valence-corrected chi connectivity index (χ1v) is 29.9. The number of halogens is 9. The second kappa shape index (κ2) is 27.7. The van der Waals surface area contributed by atoms with Crippen molar-refractivity contribution < 1.29 is 82.5 Å². The molecule has 0 unspecified atom stereocenters. The molecule has 508 valence electrons. The zero-order valence-electron chi connectivity index (χ0n) is 51.6. The zero-order valence-corrected chi connectivity index (χ0v) is 51.6. The fourth-order valence-electron chi connectivity index (χ4n) is 11.5. The number of hydrogen-bond acceptors (Lipinski definition) is 18. The van der Waals surface area contributed by atoms with Crippen molar-refractivity contribution in [3.8, 4) is 11.5 Å². The van der Waals surface area contributed by atoms with Crippen LogP contribution in [-0.2, 0) is 0 Å². The summed E-state index contributed by atoms with van der Waals surface area (Å²) in [5.41, 5.74) is 6.88. The first-order chi connectivity index (χ1) is 45.5. The Kier molecular flexibility index (Phi) is 19.7. The molecule has 5 atom stereocenters. The van der Waals surface area contributed by atoms with Crippen molar-refractivity contribution in [1.82, 2.24) is 35.2 Å². The maximum Gasteiger partial charge on any atom is 0.408 e. The van der Waals surface area contributed by atoms with Crippen LogP contribution in [0.25, 0.3) is 0 Å². The Hall–Kier alpha value is -10.6. The Labute approximate surface area is 540 Å². The number of nitrogens with zero attached hydrogens (tertiary/aromatic N) is 12. The van der Waals surface area contributed by atoms with Crippen LogP contribution in [0.1, 0.15) is 94.2 Å². The molecule has 6 aliphatic rings. The van der Waals surface area contributed by atoms with E-state index in [1.54, 1.807) is 42.5 Å². The second-order valence-electron chi connectivity index (χ2n) is 23.0. The van der Waals surface area contributed by atoms with Gasteiger partial charge in [0.1, 0.15) is 52.1 Å². The van der Waals surface area contributed by atoms with Gasteiger partial charge in [-0.2, -0.15) is 39.5 Å². The molecule has 6 aromatic heterocycles. The first kappa shape index (κ1) is 68.2. The van der Waals surface area contributed by atoms with Gasteiger partial charge in [0.2, 0.25) is 5.91 Å². The molecule has 6 N–H and O–H groups in total. The highest BCUT2D eigenvalue weighted by atomic mass is 19.4. The minimum Gasteiger partial charge on any atom is -0.497 e. The van der Waals surface area contributed by atoms with Crippen LogP contribution < -0.4 is 65.9 Å². The summed E-state index contributed by atoms with van der Waals surface area (Å²) in [6.07, 6.45) is -9.78. The Balaban J connectivity index is 0.000000157. The number of nitrogens with two attached hydrogens (primary N) is 1. The minimum absolute atomic E-state index is 0.0891. The minimum atomic E-state index is -4.60. The quantitative estimate of drug-likeness (QED) is 0.0501. The van der Waals surface area contributed by atoms with Crippen molar-refractivity contribution >= 4 is 93.4 Å². The zero-order chi connectivity index (χ0) is 69.1. The predicted molar refractivity (Wildman–Crippen MR) is 330 cm³/mol. The number of fused-ring (bicyclic) bond motifs is 12. The Morgan fingerprint density at radius 3 is 1.33 bits per heavy atom. The SMILES string of the molecule is COc1ccnc(NC(=O)N2c3nc(C(=O)CCC(F)(F)F)ccc3N3CC[C@H]2C3)c1.COc1ccnc(NC(=O)N2c3nc(C(=O)C[C@H](C)C(F)(F)F)ccc3N3CC[C@H]2C3)c1.C[C@@H](NC(=O)c1ccc2c(n1)N(C(=O)Nc1cc(C(N)=O)ccn1)[C@H]1CCN2C1)C(F)(F)F. The van der Waals surface area contributed by atoms with Gasteiger partial charge in [-0.05, 0) is 86.8 Å². The van der Waals surface area contributed by atoms with E-state index in [2.05, 4.69) is 45.9 Å². The van der Waals surface area contributed by atoms with Gasteiger partial charge in [0.05, 0.1) is 61.7 Å². The molecule has 6 aromatic rings. The number of ketones is 2. The smallest absolute Gasteiger partial charge is 0.408 e. The topological polar surface area (TPSA) is 309 Å². The van der Waals surface area contributed by atoms with Gasteiger partial charge < -0.3 is 35.2 Å². The van der Waals surface area contributed by atoms with Crippen LogP contribution in [0.4, 0.5) is 106 Å². The monoisotopic (exact) mass is 1350 g/mol. The van der Waals surface area contributed by atoms with Crippen LogP contribution >= 0.6 is 0 Å². The predicted octanol–water partition coefficient (Wildman–Crippen LogP) is 9.42. The molecule has 35 heteroatoms. The third kappa shape index (κ3) is 15.4. The first-order valence-electron chi connectivity index (χ1n) is 29.9. The average Bonchev–Trinajstić information content (AvgIpc) is 1.60. The molecular formula is C61H62F9N17O9. The summed E-state index contributed by atoms with van der Waals surface area (Å²) in [5, 5.41) is 9.88. The molecule has 0 radical (unpaired) electrons. The molecule has 6 bridgehead atoms. The molecule has 0 aromatic carbocycles. The van der Waals surface area contributed by atoms with Crippen LogP contribution in [0.5, 0.6) is 11.5 Å². The second-order valence-corrected chi connectivity index (χ2v) is 23.0. The van der Waals surface area contributed by atoms with E-state index in [-0.39, 0.29) is 75.7 Å². The lowest BCUT2D eigenvalue weighted by Gasteiger charge is -2.35. The number of hydrogen-bond donors (Lipinski definition) is 5. The molecule has 3 fully saturated rings. The highest BCUT2D eigenvalue weighted by Gasteiger charge is 2.45. The van der Waals surface area contributed by atoms with E-state index < -0.39 is 91.2 Å². The van der Waals surface area contributed by atoms with Crippen molar-refractivity contribution in [2.45, 2.75) is 95.1 Å². The molecule has 12 heterocycles. The van der Waals surface area contributed by atoms with Crippen LogP contribution in [0.3, 0.4) is 0 Å². The van der Waals surface area contributed by atoms with Crippen LogP contribution in [0, 0.1) is 5.92 Å². The number of aromatic nitrogens is 6. The van der Waals surface area contributed by atoms with Crippen molar-refractivity contribution in [2.24, 2.45) is 11.7 Å². The lowest BCUT2D eigenvalue weighted by molar-refractivity contribution is -0.168. The number of ether oxygens (including phenoxy) is 2. The number of amides is 8. The van der Waals surface area contributed by atoms with E-state index in [0.717, 1.165) is 13.8 Å². The van der Waals surface area contributed by atoms with Gasteiger partial charge in [-0.25, -0.2) is 44.3 Å². The summed E-state index contributed by atoms with van der Waals surface area (Å²) in [7, 11) is 2.99. The molecule has 0 saturated carbocycles. The number of nitrogens with one attached hydrogen (secondary N) is 4. The lowest BCUT2D eigenvalue weighted by Crippen LogP contribution is -2.49. The van der Waals surface area contributed by atoms with E-state index in [1.165, 1.54) is 77.8 Å². The van der Waals surface area contributed by atoms with Crippen molar-refractivity contribution in [2.75, 3.05) is 98.8 Å². The Morgan fingerprint density at radius 1 is 0.542 bits per heavy atom. The molecule has 96 heavy (non-hydrogen) atoms. The molecular weight excluding hydrogens is 1290 g/mol. The molecule has 0 aliphatic carbocycles. The Bertz CT molecular complexity index is 3980. The van der Waals surface area contributed by atoms with Gasteiger partial charge in [-0.1, -0.05) is 6.92 Å². The van der Waals surface area contributed by atoms with Gasteiger partial charge in [0, 0.05) is 88.4 Å². The number of methoxy groups -OCH3 is 2. The van der Waals surface area contributed by atoms with Crippen LogP contribution in [0.2, 0.25) is 0 Å². The normalized spacial score (nSPS) is 17.8. The van der Waals surface area contributed by atoms with Crippen molar-refractivity contribution in [3.05, 3.63) is 114 Å². The van der Waals surface area contributed by atoms with Crippen molar-refractivity contribution in [1.29, 1.82) is 0 Å². The number of primary amides is 1. The highest BCUT2D eigenvalue weighted by molar-refractivity contribution is 6.08. The number of rotatable bonds is 14. The fraction of sp³-hybridized carbons (Fsp3) is 0.393. The lowest BCUT2D eigenvalue weighted by atomic mass is 10.0. The molecule has 12 rings (SSSR count). The molecule has 0 spiro atoms. The maximum absolute atomic E-state index is 13.1. The molecule has 6 aliphatic heterocycles. The Morgan fingerprint density at radius 2 is 0.938 bits per heavy atom.